The molecule has 7 nitrogen and oxygen atoms in total. The number of nitrogens with zero attached hydrogens (tertiary/aromatic N) is 3. The number of amides is 1. The van der Waals surface area contributed by atoms with Gasteiger partial charge < -0.3 is 15.2 Å². The normalized spacial score (nSPS) is 13.2. The molecule has 0 unspecified atom stereocenters. The SMILES string of the molecule is CC(C)NCc1cc(Oc2ccc3c(c2)CCN3C(=O)O)ncn1. The Bertz CT molecular complexity index is 748. The molecule has 0 bridgehead atoms. The smallest absolute Gasteiger partial charge is 0.411 e. The Balaban J connectivity index is 1.73. The minimum Gasteiger partial charge on any atom is -0.465 e. The number of carbonyl (C=O) groups is 1. The third-order valence-corrected chi connectivity index (χ3v) is 3.79. The molecule has 1 aromatic carbocycles. The lowest BCUT2D eigenvalue weighted by molar-refractivity contribution is 0.202. The molecule has 126 valence electrons. The lowest BCUT2D eigenvalue weighted by Gasteiger charge is -2.13. The van der Waals surface area contributed by atoms with Gasteiger partial charge in [-0.1, -0.05) is 13.8 Å². The third-order valence-electron chi connectivity index (χ3n) is 3.79. The quantitative estimate of drug-likeness (QED) is 0.877. The Morgan fingerprint density at radius 2 is 2.21 bits per heavy atom. The van der Waals surface area contributed by atoms with Crippen molar-refractivity contribution in [2.75, 3.05) is 11.4 Å². The Morgan fingerprint density at radius 1 is 1.38 bits per heavy atom. The molecule has 0 aliphatic carbocycles. The van der Waals surface area contributed by atoms with Crippen LogP contribution >= 0.6 is 0 Å². The first-order valence-corrected chi connectivity index (χ1v) is 7.88. The van der Waals surface area contributed by atoms with Crippen molar-refractivity contribution in [1.29, 1.82) is 0 Å². The highest BCUT2D eigenvalue weighted by Gasteiger charge is 2.24. The fourth-order valence-electron chi connectivity index (χ4n) is 2.60. The molecule has 7 heteroatoms. The van der Waals surface area contributed by atoms with Gasteiger partial charge in [0.25, 0.3) is 0 Å². The van der Waals surface area contributed by atoms with Gasteiger partial charge in [-0.05, 0) is 30.2 Å². The van der Waals surface area contributed by atoms with Crippen molar-refractivity contribution in [2.24, 2.45) is 0 Å². The summed E-state index contributed by atoms with van der Waals surface area (Å²) in [5.41, 5.74) is 2.54. The van der Waals surface area contributed by atoms with E-state index in [2.05, 4.69) is 29.1 Å². The van der Waals surface area contributed by atoms with E-state index in [1.807, 2.05) is 6.07 Å². The molecule has 0 radical (unpaired) electrons. The number of fused-ring (bicyclic) bond motifs is 1. The zero-order chi connectivity index (χ0) is 17.1. The fraction of sp³-hybridized carbons (Fsp3) is 0.353. The zero-order valence-electron chi connectivity index (χ0n) is 13.7. The van der Waals surface area contributed by atoms with Gasteiger partial charge in [0.05, 0.1) is 11.4 Å². The molecule has 0 spiro atoms. The van der Waals surface area contributed by atoms with Crippen LogP contribution in [-0.2, 0) is 13.0 Å². The number of rotatable bonds is 5. The Hall–Kier alpha value is -2.67. The van der Waals surface area contributed by atoms with E-state index in [9.17, 15) is 4.79 Å². The monoisotopic (exact) mass is 328 g/mol. The minimum absolute atomic E-state index is 0.373. The van der Waals surface area contributed by atoms with Crippen molar-refractivity contribution in [1.82, 2.24) is 15.3 Å². The lowest BCUT2D eigenvalue weighted by atomic mass is 10.1. The van der Waals surface area contributed by atoms with Crippen LogP contribution in [0, 0.1) is 0 Å². The molecule has 0 saturated carbocycles. The van der Waals surface area contributed by atoms with Gasteiger partial charge >= 0.3 is 6.09 Å². The summed E-state index contributed by atoms with van der Waals surface area (Å²) in [6.07, 6.45) is 1.23. The second-order valence-corrected chi connectivity index (χ2v) is 5.96. The van der Waals surface area contributed by atoms with Crippen LogP contribution in [0.15, 0.2) is 30.6 Å². The molecule has 0 saturated heterocycles. The summed E-state index contributed by atoms with van der Waals surface area (Å²) in [5, 5.41) is 12.5. The van der Waals surface area contributed by atoms with Gasteiger partial charge in [0.1, 0.15) is 12.1 Å². The second kappa shape index (κ2) is 6.84. The van der Waals surface area contributed by atoms with Gasteiger partial charge in [-0.15, -0.1) is 0 Å². The maximum absolute atomic E-state index is 11.2. The highest BCUT2D eigenvalue weighted by Crippen LogP contribution is 2.32. The van der Waals surface area contributed by atoms with E-state index >= 15 is 0 Å². The van der Waals surface area contributed by atoms with Crippen molar-refractivity contribution < 1.29 is 14.6 Å². The third kappa shape index (κ3) is 3.62. The Kier molecular flexibility index (Phi) is 4.61. The van der Waals surface area contributed by atoms with Crippen molar-refractivity contribution in [3.05, 3.63) is 41.9 Å². The van der Waals surface area contributed by atoms with E-state index < -0.39 is 6.09 Å². The standard InChI is InChI=1S/C17H20N4O3/c1-11(2)18-9-13-8-16(20-10-19-13)24-14-3-4-15-12(7-14)5-6-21(15)17(22)23/h3-4,7-8,10-11,18H,5-6,9H2,1-2H3,(H,22,23). The molecule has 1 aliphatic rings. The first-order chi connectivity index (χ1) is 11.5. The first kappa shape index (κ1) is 16.2. The number of hydrogen-bond acceptors (Lipinski definition) is 5. The first-order valence-electron chi connectivity index (χ1n) is 7.88. The number of hydrogen-bond donors (Lipinski definition) is 2. The van der Waals surface area contributed by atoms with Gasteiger partial charge in [0.2, 0.25) is 5.88 Å². The number of nitrogens with one attached hydrogen (secondary N) is 1. The molecule has 2 aromatic rings. The molecular formula is C17H20N4O3. The van der Waals surface area contributed by atoms with Crippen LogP contribution in [0.2, 0.25) is 0 Å². The maximum atomic E-state index is 11.2. The lowest BCUT2D eigenvalue weighted by Crippen LogP contribution is -2.26. The van der Waals surface area contributed by atoms with E-state index in [1.54, 1.807) is 18.2 Å². The molecule has 0 fully saturated rings. The predicted molar refractivity (Wildman–Crippen MR) is 89.6 cm³/mol. The van der Waals surface area contributed by atoms with Crippen LogP contribution in [0.4, 0.5) is 10.5 Å². The summed E-state index contributed by atoms with van der Waals surface area (Å²) in [5.74, 6) is 1.11. The average molecular weight is 328 g/mol. The van der Waals surface area contributed by atoms with Gasteiger partial charge in [0, 0.05) is 25.2 Å². The molecule has 1 amide bonds. The number of carboxylic acid groups (broad SMARTS) is 1. The van der Waals surface area contributed by atoms with Gasteiger partial charge in [-0.2, -0.15) is 0 Å². The Labute approximate surface area is 140 Å². The number of aromatic nitrogens is 2. The van der Waals surface area contributed by atoms with Crippen LogP contribution < -0.4 is 15.0 Å². The van der Waals surface area contributed by atoms with E-state index in [-0.39, 0.29) is 0 Å². The van der Waals surface area contributed by atoms with Gasteiger partial charge in [0.15, 0.2) is 0 Å². The maximum Gasteiger partial charge on any atom is 0.411 e. The minimum atomic E-state index is -0.930. The van der Waals surface area contributed by atoms with E-state index in [4.69, 9.17) is 9.84 Å². The largest absolute Gasteiger partial charge is 0.465 e. The highest BCUT2D eigenvalue weighted by molar-refractivity contribution is 5.89. The van der Waals surface area contributed by atoms with Gasteiger partial charge in [-0.3, -0.25) is 4.90 Å². The van der Waals surface area contributed by atoms with Crippen LogP contribution in [0.25, 0.3) is 0 Å². The number of ether oxygens (including phenoxy) is 1. The predicted octanol–water partition coefficient (Wildman–Crippen LogP) is 2.81. The number of anilines is 1. The highest BCUT2D eigenvalue weighted by atomic mass is 16.5. The molecule has 1 aliphatic heterocycles. The topological polar surface area (TPSA) is 87.6 Å². The zero-order valence-corrected chi connectivity index (χ0v) is 13.7. The molecule has 2 heterocycles. The van der Waals surface area contributed by atoms with Crippen molar-refractivity contribution >= 4 is 11.8 Å². The molecule has 3 rings (SSSR count). The van der Waals surface area contributed by atoms with Crippen molar-refractivity contribution in [3.8, 4) is 11.6 Å². The van der Waals surface area contributed by atoms with Crippen LogP contribution in [0.3, 0.4) is 0 Å². The summed E-state index contributed by atoms with van der Waals surface area (Å²) in [4.78, 5) is 20.9. The fourth-order valence-corrected chi connectivity index (χ4v) is 2.60. The Morgan fingerprint density at radius 3 is 2.96 bits per heavy atom. The van der Waals surface area contributed by atoms with E-state index in [1.165, 1.54) is 11.2 Å². The average Bonchev–Trinajstić information content (AvgIpc) is 2.96. The summed E-state index contributed by atoms with van der Waals surface area (Å²) in [6.45, 7) is 5.27. The van der Waals surface area contributed by atoms with Crippen LogP contribution in [0.1, 0.15) is 25.1 Å². The van der Waals surface area contributed by atoms with E-state index in [0.29, 0.717) is 37.2 Å². The van der Waals surface area contributed by atoms with Crippen LogP contribution in [0.5, 0.6) is 11.6 Å². The summed E-state index contributed by atoms with van der Waals surface area (Å²) < 4.78 is 5.80. The number of benzene rings is 1. The van der Waals surface area contributed by atoms with Crippen LogP contribution in [-0.4, -0.2) is 33.8 Å². The molecule has 2 N–H and O–H groups in total. The molecule has 0 atom stereocenters. The van der Waals surface area contributed by atoms with Crippen molar-refractivity contribution in [2.45, 2.75) is 32.9 Å². The van der Waals surface area contributed by atoms with Crippen molar-refractivity contribution in [3.63, 3.8) is 0 Å². The summed E-state index contributed by atoms with van der Waals surface area (Å²) >= 11 is 0. The molecular weight excluding hydrogens is 308 g/mol. The summed E-state index contributed by atoms with van der Waals surface area (Å²) in [6, 6.07) is 7.57. The molecule has 24 heavy (non-hydrogen) atoms. The van der Waals surface area contributed by atoms with E-state index in [0.717, 1.165) is 16.9 Å². The second-order valence-electron chi connectivity index (χ2n) is 5.96. The molecule has 1 aromatic heterocycles. The summed E-state index contributed by atoms with van der Waals surface area (Å²) in [7, 11) is 0. The van der Waals surface area contributed by atoms with Gasteiger partial charge in [-0.25, -0.2) is 14.8 Å².